The van der Waals surface area contributed by atoms with Crippen molar-refractivity contribution in [3.8, 4) is 0 Å². The molecule has 1 heterocycles. The highest BCUT2D eigenvalue weighted by Gasteiger charge is 2.32. The first-order chi connectivity index (χ1) is 16.2. The summed E-state index contributed by atoms with van der Waals surface area (Å²) in [5.74, 6) is -2.84. The van der Waals surface area contributed by atoms with E-state index in [1.54, 1.807) is 19.1 Å². The number of rotatable bonds is 11. The van der Waals surface area contributed by atoms with Crippen LogP contribution in [0.2, 0.25) is 0 Å². The van der Waals surface area contributed by atoms with Crippen LogP contribution in [-0.4, -0.2) is 51.9 Å². The average Bonchev–Trinajstić information content (AvgIpc) is 3.17. The molecule has 2 amide bonds. The molecule has 0 aliphatic heterocycles. The topological polar surface area (TPSA) is 174 Å². The van der Waals surface area contributed by atoms with Gasteiger partial charge in [0.05, 0.1) is 24.2 Å². The number of thiazole rings is 1. The van der Waals surface area contributed by atoms with Gasteiger partial charge in [-0.2, -0.15) is 0 Å². The minimum absolute atomic E-state index is 0.0253. The van der Waals surface area contributed by atoms with Gasteiger partial charge in [0.15, 0.2) is 20.8 Å². The Labute approximate surface area is 208 Å². The van der Waals surface area contributed by atoms with E-state index in [4.69, 9.17) is 5.73 Å². The van der Waals surface area contributed by atoms with Crippen LogP contribution in [-0.2, 0) is 36.0 Å². The lowest BCUT2D eigenvalue weighted by Crippen LogP contribution is -2.38. The molecule has 2 rings (SSSR count). The fourth-order valence-corrected chi connectivity index (χ4v) is 5.77. The second kappa shape index (κ2) is 11.4. The van der Waals surface area contributed by atoms with Crippen LogP contribution in [0.1, 0.15) is 54.2 Å². The van der Waals surface area contributed by atoms with Crippen LogP contribution in [0.15, 0.2) is 22.4 Å². The number of hydrogen-bond donors (Lipinski definition) is 2. The van der Waals surface area contributed by atoms with Gasteiger partial charge in [0.25, 0.3) is 0 Å². The third kappa shape index (κ3) is 7.65. The van der Waals surface area contributed by atoms with Gasteiger partial charge in [-0.15, -0.1) is 0 Å². The Morgan fingerprint density at radius 1 is 1.11 bits per heavy atom. The lowest BCUT2D eigenvalue weighted by Gasteiger charge is -2.21. The van der Waals surface area contributed by atoms with Gasteiger partial charge >= 0.3 is 11.8 Å². The number of primary amides is 1. The van der Waals surface area contributed by atoms with E-state index < -0.39 is 38.2 Å². The number of ketones is 1. The largest absolute Gasteiger partial charge is 0.361 e. The predicted octanol–water partition coefficient (Wildman–Crippen LogP) is 1.82. The molecule has 2 aromatic rings. The maximum absolute atomic E-state index is 13.0. The van der Waals surface area contributed by atoms with E-state index in [2.05, 4.69) is 9.71 Å². The molecule has 0 aliphatic carbocycles. The molecular formula is C21H28N4O7S3. The van der Waals surface area contributed by atoms with Gasteiger partial charge in [0, 0.05) is 18.2 Å². The number of aryl methyl sites for hydroxylation is 1. The number of sulfonamides is 1. The van der Waals surface area contributed by atoms with Crippen molar-refractivity contribution in [1.29, 1.82) is 0 Å². The second-order valence-electron chi connectivity index (χ2n) is 8.00. The van der Waals surface area contributed by atoms with E-state index in [1.807, 2.05) is 6.92 Å². The number of carbonyl (C=O) groups is 3. The summed E-state index contributed by atoms with van der Waals surface area (Å²) >= 11 is 0.564. The molecule has 0 atom stereocenters. The zero-order valence-corrected chi connectivity index (χ0v) is 22.3. The fourth-order valence-electron chi connectivity index (χ4n) is 3.17. The van der Waals surface area contributed by atoms with Crippen molar-refractivity contribution < 1.29 is 31.2 Å². The molecule has 11 nitrogen and oxygen atoms in total. The molecule has 1 aromatic carbocycles. The summed E-state index contributed by atoms with van der Waals surface area (Å²) in [6.07, 6.45) is 4.37. The van der Waals surface area contributed by atoms with E-state index in [-0.39, 0.29) is 38.5 Å². The monoisotopic (exact) mass is 544 g/mol. The molecule has 0 radical (unpaired) electrons. The third-order valence-electron chi connectivity index (χ3n) is 4.79. The molecule has 0 bridgehead atoms. The Bertz CT molecular complexity index is 1350. The Morgan fingerprint density at radius 2 is 1.77 bits per heavy atom. The minimum Gasteiger partial charge on any atom is -0.361 e. The van der Waals surface area contributed by atoms with Crippen LogP contribution in [0, 0.1) is 6.92 Å². The molecule has 0 aliphatic rings. The third-order valence-corrected chi connectivity index (χ3v) is 8.41. The first-order valence-corrected chi connectivity index (χ1v) is 15.2. The van der Waals surface area contributed by atoms with E-state index in [1.165, 1.54) is 6.07 Å². The summed E-state index contributed by atoms with van der Waals surface area (Å²) in [6.45, 7) is 3.29. The highest BCUT2D eigenvalue weighted by molar-refractivity contribution is 7.93. The lowest BCUT2D eigenvalue weighted by atomic mass is 10.00. The number of aromatic nitrogens is 1. The summed E-state index contributed by atoms with van der Waals surface area (Å²) in [7, 11) is -7.58. The van der Waals surface area contributed by atoms with Crippen LogP contribution in [0.5, 0.6) is 0 Å². The van der Waals surface area contributed by atoms with Crippen LogP contribution in [0.25, 0.3) is 0 Å². The van der Waals surface area contributed by atoms with Gasteiger partial charge in [-0.25, -0.2) is 31.4 Å². The normalized spacial score (nSPS) is 11.9. The maximum atomic E-state index is 13.0. The van der Waals surface area contributed by atoms with E-state index in [0.717, 1.165) is 35.8 Å². The fraction of sp³-hybridized carbons (Fsp3) is 0.429. The standard InChI is InChI=1S/C21H28N4O7S3/c1-5-6-7-8-17(26)14-11-13(2)9-10-16(14)25(19(28)18(22)27)21-24-15(12-23-35(4,31)32)20(33-21)34(3,29)30/h9-11,23H,5-8,12H2,1-4H3,(H2,22,27). The molecule has 0 fully saturated rings. The van der Waals surface area contributed by atoms with Crippen LogP contribution < -0.4 is 15.4 Å². The summed E-state index contributed by atoms with van der Waals surface area (Å²) < 4.78 is 49.7. The average molecular weight is 545 g/mol. The van der Waals surface area contributed by atoms with Gasteiger partial charge in [-0.3, -0.25) is 14.4 Å². The van der Waals surface area contributed by atoms with Gasteiger partial charge in [0.1, 0.15) is 4.21 Å². The van der Waals surface area contributed by atoms with Crippen LogP contribution >= 0.6 is 11.3 Å². The highest BCUT2D eigenvalue weighted by atomic mass is 32.2. The number of amides is 2. The number of benzene rings is 1. The molecule has 3 N–H and O–H groups in total. The first-order valence-electron chi connectivity index (χ1n) is 10.6. The van der Waals surface area contributed by atoms with Crippen LogP contribution in [0.3, 0.4) is 0 Å². The number of nitrogens with zero attached hydrogens (tertiary/aromatic N) is 2. The summed E-state index contributed by atoms with van der Waals surface area (Å²) in [4.78, 5) is 42.8. The minimum atomic E-state index is -3.89. The zero-order valence-electron chi connectivity index (χ0n) is 19.8. The predicted molar refractivity (Wildman–Crippen MR) is 133 cm³/mol. The molecule has 0 saturated heterocycles. The van der Waals surface area contributed by atoms with E-state index >= 15 is 0 Å². The Morgan fingerprint density at radius 3 is 2.31 bits per heavy atom. The molecule has 35 heavy (non-hydrogen) atoms. The smallest absolute Gasteiger partial charge is 0.322 e. The number of sulfone groups is 1. The number of nitrogens with one attached hydrogen (secondary N) is 1. The van der Waals surface area contributed by atoms with Crippen LogP contribution in [0.4, 0.5) is 10.8 Å². The van der Waals surface area contributed by atoms with Crippen molar-refractivity contribution in [3.05, 3.63) is 35.0 Å². The van der Waals surface area contributed by atoms with Gasteiger partial charge in [-0.05, 0) is 25.5 Å². The van der Waals surface area contributed by atoms with Crippen molar-refractivity contribution in [2.24, 2.45) is 5.73 Å². The first kappa shape index (κ1) is 28.6. The second-order valence-corrected chi connectivity index (χ2v) is 13.0. The number of hydrogen-bond acceptors (Lipinski definition) is 9. The van der Waals surface area contributed by atoms with Gasteiger partial charge in [-0.1, -0.05) is 42.7 Å². The van der Waals surface area contributed by atoms with Crippen molar-refractivity contribution in [2.75, 3.05) is 17.4 Å². The van der Waals surface area contributed by atoms with Crippen molar-refractivity contribution >= 4 is 59.6 Å². The van der Waals surface area contributed by atoms with Gasteiger partial charge in [0.2, 0.25) is 10.0 Å². The van der Waals surface area contributed by atoms with Crippen molar-refractivity contribution in [3.63, 3.8) is 0 Å². The quantitative estimate of drug-likeness (QED) is 0.245. The molecule has 0 saturated carbocycles. The summed E-state index contributed by atoms with van der Waals surface area (Å²) in [5, 5.41) is -0.244. The zero-order chi connectivity index (χ0) is 26.6. The maximum Gasteiger partial charge on any atom is 0.322 e. The molecule has 0 unspecified atom stereocenters. The highest BCUT2D eigenvalue weighted by Crippen LogP contribution is 2.37. The lowest BCUT2D eigenvalue weighted by molar-refractivity contribution is -0.135. The Balaban J connectivity index is 2.71. The van der Waals surface area contributed by atoms with Gasteiger partial charge < -0.3 is 5.73 Å². The number of Topliss-reactive ketones (excluding diaryl/α,β-unsaturated/α-hetero) is 1. The molecule has 1 aromatic heterocycles. The number of unbranched alkanes of at least 4 members (excludes halogenated alkanes) is 2. The Kier molecular flexibility index (Phi) is 9.28. The van der Waals surface area contributed by atoms with Crippen molar-refractivity contribution in [2.45, 2.75) is 50.3 Å². The molecule has 0 spiro atoms. The molecule has 192 valence electrons. The summed E-state index contributed by atoms with van der Waals surface area (Å²) in [5.41, 5.74) is 6.01. The molecule has 14 heteroatoms. The Hall–Kier alpha value is -2.68. The number of nitrogens with two attached hydrogens (primary N) is 1. The number of anilines is 2. The summed E-state index contributed by atoms with van der Waals surface area (Å²) in [6, 6.07) is 4.65. The van der Waals surface area contributed by atoms with E-state index in [0.29, 0.717) is 17.8 Å². The SMILES string of the molecule is CCCCCC(=O)c1cc(C)ccc1N(C(=O)C(N)=O)c1nc(CNS(C)(=O)=O)c(S(C)(=O)=O)s1. The molecular weight excluding hydrogens is 516 g/mol. The number of carbonyl (C=O) groups excluding carboxylic acids is 3. The van der Waals surface area contributed by atoms with Crippen molar-refractivity contribution in [1.82, 2.24) is 9.71 Å². The van der Waals surface area contributed by atoms with E-state index in [9.17, 15) is 31.2 Å².